The van der Waals surface area contributed by atoms with Crippen LogP contribution < -0.4 is 16.6 Å². The molecule has 0 aliphatic carbocycles. The van der Waals surface area contributed by atoms with Gasteiger partial charge in [-0.15, -0.1) is 10.2 Å². The average molecular weight is 408 g/mol. The molecule has 148 valence electrons. The Hall–Kier alpha value is -3.59. The van der Waals surface area contributed by atoms with Crippen LogP contribution in [0.2, 0.25) is 0 Å². The quantitative estimate of drug-likeness (QED) is 0.218. The molecule has 3 rings (SSSR count). The zero-order chi connectivity index (χ0) is 20.3. The average Bonchev–Trinajstić information content (AvgIpc) is 3.11. The molecule has 0 unspecified atom stereocenters. The van der Waals surface area contributed by atoms with Crippen LogP contribution in [0.1, 0.15) is 11.1 Å². The molecule has 29 heavy (non-hydrogen) atoms. The van der Waals surface area contributed by atoms with Crippen molar-refractivity contribution < 1.29 is 4.79 Å². The SMILES string of the molecule is Nn1c(N/N=C/C=C/c2ccccc2)nnc1SCC(=O)NCc1ccccc1. The van der Waals surface area contributed by atoms with Crippen molar-refractivity contribution in [1.82, 2.24) is 20.2 Å². The molecule has 0 spiro atoms. The van der Waals surface area contributed by atoms with Crippen molar-refractivity contribution in [3.05, 3.63) is 77.9 Å². The molecule has 0 aliphatic rings. The van der Waals surface area contributed by atoms with E-state index in [1.54, 1.807) is 12.3 Å². The Labute approximate surface area is 172 Å². The molecule has 0 bridgehead atoms. The van der Waals surface area contributed by atoms with Gasteiger partial charge in [0.15, 0.2) is 0 Å². The van der Waals surface area contributed by atoms with E-state index in [1.165, 1.54) is 16.4 Å². The molecule has 1 amide bonds. The highest BCUT2D eigenvalue weighted by molar-refractivity contribution is 7.99. The van der Waals surface area contributed by atoms with Crippen molar-refractivity contribution >= 4 is 35.9 Å². The summed E-state index contributed by atoms with van der Waals surface area (Å²) in [6.07, 6.45) is 5.31. The Morgan fingerprint density at radius 3 is 2.59 bits per heavy atom. The highest BCUT2D eigenvalue weighted by Gasteiger charge is 2.11. The van der Waals surface area contributed by atoms with Gasteiger partial charge in [-0.05, 0) is 17.2 Å². The van der Waals surface area contributed by atoms with Crippen LogP contribution in [0.3, 0.4) is 0 Å². The first kappa shape index (κ1) is 20.2. The molecular formula is C20H21N7OS. The van der Waals surface area contributed by atoms with E-state index in [9.17, 15) is 4.79 Å². The molecule has 0 saturated heterocycles. The number of thioether (sulfide) groups is 1. The number of carbonyl (C=O) groups excluding carboxylic acids is 1. The number of anilines is 1. The highest BCUT2D eigenvalue weighted by atomic mass is 32.2. The summed E-state index contributed by atoms with van der Waals surface area (Å²) in [6, 6.07) is 19.6. The fourth-order valence-corrected chi connectivity index (χ4v) is 2.97. The van der Waals surface area contributed by atoms with Gasteiger partial charge >= 0.3 is 0 Å². The Morgan fingerprint density at radius 2 is 1.83 bits per heavy atom. The minimum absolute atomic E-state index is 0.111. The smallest absolute Gasteiger partial charge is 0.264 e. The van der Waals surface area contributed by atoms with E-state index in [1.807, 2.05) is 66.7 Å². The molecule has 3 aromatic rings. The van der Waals surface area contributed by atoms with Crippen LogP contribution in [0.15, 0.2) is 77.0 Å². The number of nitrogen functional groups attached to an aromatic ring is 1. The van der Waals surface area contributed by atoms with Gasteiger partial charge in [-0.2, -0.15) is 5.10 Å². The van der Waals surface area contributed by atoms with Gasteiger partial charge in [0.25, 0.3) is 5.95 Å². The van der Waals surface area contributed by atoms with Gasteiger partial charge in [-0.3, -0.25) is 4.79 Å². The third kappa shape index (κ3) is 6.51. The predicted octanol–water partition coefficient (Wildman–Crippen LogP) is 2.51. The molecule has 0 fully saturated rings. The standard InChI is InChI=1S/C20H21N7OS/c21-27-19(24-23-13-7-12-16-8-3-1-4-9-16)25-26-20(27)29-15-18(28)22-14-17-10-5-2-6-11-17/h1-13H,14-15,21H2,(H,22,28)(H,24,25)/b12-7+,23-13+. The van der Waals surface area contributed by atoms with Crippen LogP contribution in [-0.4, -0.2) is 32.7 Å². The van der Waals surface area contributed by atoms with E-state index in [-0.39, 0.29) is 17.6 Å². The number of rotatable bonds is 9. The molecule has 0 aliphatic heterocycles. The number of amides is 1. The summed E-state index contributed by atoms with van der Waals surface area (Å²) in [5.41, 5.74) is 4.84. The van der Waals surface area contributed by atoms with Crippen molar-refractivity contribution in [3.63, 3.8) is 0 Å². The minimum Gasteiger partial charge on any atom is -0.351 e. The molecule has 4 N–H and O–H groups in total. The number of benzene rings is 2. The maximum atomic E-state index is 12.0. The predicted molar refractivity (Wildman–Crippen MR) is 117 cm³/mol. The first-order chi connectivity index (χ1) is 14.2. The second-order valence-electron chi connectivity index (χ2n) is 5.89. The molecule has 0 atom stereocenters. The van der Waals surface area contributed by atoms with Crippen molar-refractivity contribution in [2.45, 2.75) is 11.7 Å². The number of hydrogen-bond donors (Lipinski definition) is 3. The molecule has 1 aromatic heterocycles. The van der Waals surface area contributed by atoms with Crippen molar-refractivity contribution in [2.24, 2.45) is 5.10 Å². The number of hydrogen-bond acceptors (Lipinski definition) is 7. The number of aromatic nitrogens is 3. The van der Waals surface area contributed by atoms with Crippen LogP contribution in [-0.2, 0) is 11.3 Å². The lowest BCUT2D eigenvalue weighted by Gasteiger charge is -2.05. The van der Waals surface area contributed by atoms with Gasteiger partial charge in [0.2, 0.25) is 11.1 Å². The number of carbonyl (C=O) groups is 1. The topological polar surface area (TPSA) is 110 Å². The summed E-state index contributed by atoms with van der Waals surface area (Å²) in [6.45, 7) is 0.480. The Morgan fingerprint density at radius 1 is 1.10 bits per heavy atom. The van der Waals surface area contributed by atoms with Crippen LogP contribution in [0.25, 0.3) is 6.08 Å². The molecule has 2 aromatic carbocycles. The Balaban J connectivity index is 1.43. The summed E-state index contributed by atoms with van der Waals surface area (Å²) in [4.78, 5) is 12.0. The number of nitrogens with zero attached hydrogens (tertiary/aromatic N) is 4. The lowest BCUT2D eigenvalue weighted by molar-refractivity contribution is -0.118. The van der Waals surface area contributed by atoms with Crippen LogP contribution in [0, 0.1) is 0 Å². The molecule has 0 saturated carbocycles. The first-order valence-corrected chi connectivity index (χ1v) is 9.85. The van der Waals surface area contributed by atoms with Crippen LogP contribution >= 0.6 is 11.8 Å². The van der Waals surface area contributed by atoms with Crippen LogP contribution in [0.4, 0.5) is 5.95 Å². The van der Waals surface area contributed by atoms with E-state index in [2.05, 4.69) is 26.0 Å². The molecule has 1 heterocycles. The van der Waals surface area contributed by atoms with Gasteiger partial charge in [-0.25, -0.2) is 10.1 Å². The third-order valence-electron chi connectivity index (χ3n) is 3.74. The molecule has 8 nitrogen and oxygen atoms in total. The van der Waals surface area contributed by atoms with Crippen molar-refractivity contribution in [1.29, 1.82) is 0 Å². The lowest BCUT2D eigenvalue weighted by Crippen LogP contribution is -2.25. The van der Waals surface area contributed by atoms with E-state index in [0.29, 0.717) is 11.7 Å². The summed E-state index contributed by atoms with van der Waals surface area (Å²) in [5, 5.41) is 15.2. The van der Waals surface area contributed by atoms with E-state index in [0.717, 1.165) is 11.1 Å². The van der Waals surface area contributed by atoms with E-state index >= 15 is 0 Å². The molecule has 0 radical (unpaired) electrons. The summed E-state index contributed by atoms with van der Waals surface area (Å²) < 4.78 is 1.26. The fraction of sp³-hybridized carbons (Fsp3) is 0.100. The van der Waals surface area contributed by atoms with E-state index < -0.39 is 0 Å². The van der Waals surface area contributed by atoms with Gasteiger partial charge in [-0.1, -0.05) is 78.5 Å². The number of nitrogens with one attached hydrogen (secondary N) is 2. The van der Waals surface area contributed by atoms with E-state index in [4.69, 9.17) is 5.84 Å². The monoisotopic (exact) mass is 407 g/mol. The van der Waals surface area contributed by atoms with Crippen molar-refractivity contribution in [2.75, 3.05) is 17.0 Å². The maximum absolute atomic E-state index is 12.0. The van der Waals surface area contributed by atoms with Gasteiger partial charge in [0, 0.05) is 12.8 Å². The Kier molecular flexibility index (Phi) is 7.41. The first-order valence-electron chi connectivity index (χ1n) is 8.87. The van der Waals surface area contributed by atoms with Gasteiger partial charge in [0.1, 0.15) is 0 Å². The van der Waals surface area contributed by atoms with Gasteiger partial charge in [0.05, 0.1) is 5.75 Å². The normalized spacial score (nSPS) is 11.2. The van der Waals surface area contributed by atoms with Gasteiger partial charge < -0.3 is 11.2 Å². The zero-order valence-corrected chi connectivity index (χ0v) is 16.4. The van der Waals surface area contributed by atoms with Crippen molar-refractivity contribution in [3.8, 4) is 0 Å². The molecular weight excluding hydrogens is 386 g/mol. The highest BCUT2D eigenvalue weighted by Crippen LogP contribution is 2.16. The number of allylic oxidation sites excluding steroid dienone is 1. The second-order valence-corrected chi connectivity index (χ2v) is 6.83. The fourth-order valence-electron chi connectivity index (χ4n) is 2.29. The zero-order valence-electron chi connectivity index (χ0n) is 15.6. The largest absolute Gasteiger partial charge is 0.351 e. The minimum atomic E-state index is -0.111. The molecule has 9 heteroatoms. The number of hydrazone groups is 1. The lowest BCUT2D eigenvalue weighted by atomic mass is 10.2. The summed E-state index contributed by atoms with van der Waals surface area (Å²) in [7, 11) is 0. The maximum Gasteiger partial charge on any atom is 0.264 e. The van der Waals surface area contributed by atoms with Crippen LogP contribution in [0.5, 0.6) is 0 Å². The second kappa shape index (κ2) is 10.7. The Bertz CT molecular complexity index is 971. The summed E-state index contributed by atoms with van der Waals surface area (Å²) in [5.74, 6) is 6.30. The number of nitrogens with two attached hydrogens (primary N) is 1. The third-order valence-corrected chi connectivity index (χ3v) is 4.69. The summed E-state index contributed by atoms with van der Waals surface area (Å²) >= 11 is 1.20.